The largest absolute Gasteiger partial charge is 0.465 e. The molecule has 1 spiro atoms. The average molecular weight is 529 g/mol. The molecule has 1 aromatic carbocycles. The summed E-state index contributed by atoms with van der Waals surface area (Å²) in [6.45, 7) is 2.77. The maximum Gasteiger partial charge on any atom is 0.313 e. The Morgan fingerprint density at radius 1 is 1.03 bits per heavy atom. The van der Waals surface area contributed by atoms with Crippen molar-refractivity contribution in [3.63, 3.8) is 0 Å². The summed E-state index contributed by atoms with van der Waals surface area (Å²) < 4.78 is 12.3. The standard InChI is InChI=1S/C28H33ClN2O6/c1-27-13-6-9-18-36-26(35)22(27)21-24(33)31(15-7-2-3-8-17-32)23-25(34)30(16-10-14-28(21,23)37-27)20-12-5-4-11-19(20)29/h4-6,10-14,21-23,32H,2-3,7-9,15-18H2,1H3/t21-,22+,23?,27-,28-/m0/s1. The average Bonchev–Trinajstić information content (AvgIpc) is 3.18. The molecule has 0 radical (unpaired) electrons. The van der Waals surface area contributed by atoms with Gasteiger partial charge in [0, 0.05) is 19.7 Å². The lowest BCUT2D eigenvalue weighted by Crippen LogP contribution is -2.56. The van der Waals surface area contributed by atoms with Gasteiger partial charge in [0.15, 0.2) is 0 Å². The van der Waals surface area contributed by atoms with E-state index in [1.807, 2.05) is 30.4 Å². The number of cyclic esters (lactones) is 1. The number of unbranched alkanes of at least 4 members (excludes halogenated alkanes) is 3. The van der Waals surface area contributed by atoms with Gasteiger partial charge in [-0.05, 0) is 38.3 Å². The Balaban J connectivity index is 1.58. The van der Waals surface area contributed by atoms with E-state index in [1.165, 1.54) is 0 Å². The number of likely N-dealkylation sites (tertiary alicyclic amines) is 1. The van der Waals surface area contributed by atoms with Gasteiger partial charge in [-0.25, -0.2) is 0 Å². The first-order chi connectivity index (χ1) is 17.8. The van der Waals surface area contributed by atoms with Crippen LogP contribution in [0, 0.1) is 11.8 Å². The highest BCUT2D eigenvalue weighted by molar-refractivity contribution is 6.34. The molecule has 0 saturated carbocycles. The third-order valence-corrected chi connectivity index (χ3v) is 8.29. The Kier molecular flexibility index (Phi) is 7.18. The molecule has 5 atom stereocenters. The van der Waals surface area contributed by atoms with E-state index in [4.69, 9.17) is 26.2 Å². The van der Waals surface area contributed by atoms with E-state index in [9.17, 15) is 14.4 Å². The zero-order valence-corrected chi connectivity index (χ0v) is 21.7. The van der Waals surface area contributed by atoms with Crippen LogP contribution in [-0.4, -0.2) is 71.3 Å². The SMILES string of the molecule is C[C@]12C=CCCOC(=O)[C@H]1[C@H]1C(=O)N(CCCCCCO)C3C(=O)N(c4ccccc4Cl)CC=C[C@@]31O2. The Morgan fingerprint density at radius 3 is 2.59 bits per heavy atom. The van der Waals surface area contributed by atoms with Crippen molar-refractivity contribution >= 4 is 35.1 Å². The highest BCUT2D eigenvalue weighted by Gasteiger charge is 2.74. The van der Waals surface area contributed by atoms with Crippen molar-refractivity contribution in [2.45, 2.75) is 56.3 Å². The number of hydrogen-bond acceptors (Lipinski definition) is 6. The predicted molar refractivity (Wildman–Crippen MR) is 138 cm³/mol. The number of nitrogens with zero attached hydrogens (tertiary/aromatic N) is 2. The number of esters is 1. The number of fused-ring (bicyclic) bond motifs is 2. The molecule has 5 rings (SSSR count). The number of aliphatic hydroxyl groups excluding tert-OH is 1. The molecule has 1 N–H and O–H groups in total. The molecule has 1 unspecified atom stereocenters. The molecule has 9 heteroatoms. The van der Waals surface area contributed by atoms with Crippen LogP contribution in [0.1, 0.15) is 39.0 Å². The summed E-state index contributed by atoms with van der Waals surface area (Å²) in [5.74, 6) is -2.80. The fourth-order valence-corrected chi connectivity index (χ4v) is 6.60. The van der Waals surface area contributed by atoms with Gasteiger partial charge in [0.25, 0.3) is 5.91 Å². The Bertz CT molecular complexity index is 1140. The number of rotatable bonds is 7. The molecule has 4 aliphatic heterocycles. The molecule has 4 aliphatic rings. The van der Waals surface area contributed by atoms with Crippen LogP contribution in [-0.2, 0) is 23.9 Å². The summed E-state index contributed by atoms with van der Waals surface area (Å²) in [5, 5.41) is 9.54. The van der Waals surface area contributed by atoms with E-state index >= 15 is 0 Å². The maximum atomic E-state index is 14.3. The van der Waals surface area contributed by atoms with Crippen molar-refractivity contribution in [3.8, 4) is 0 Å². The van der Waals surface area contributed by atoms with E-state index in [-0.39, 0.29) is 31.6 Å². The fraction of sp³-hybridized carbons (Fsp3) is 0.536. The molecule has 37 heavy (non-hydrogen) atoms. The van der Waals surface area contributed by atoms with Gasteiger partial charge in [0.2, 0.25) is 5.91 Å². The van der Waals surface area contributed by atoms with Crippen LogP contribution in [0.3, 0.4) is 0 Å². The maximum absolute atomic E-state index is 14.3. The monoisotopic (exact) mass is 528 g/mol. The highest BCUT2D eigenvalue weighted by atomic mass is 35.5. The summed E-state index contributed by atoms with van der Waals surface area (Å²) in [6.07, 6.45) is 11.0. The lowest BCUT2D eigenvalue weighted by Gasteiger charge is -2.37. The van der Waals surface area contributed by atoms with Crippen molar-refractivity contribution in [1.82, 2.24) is 4.90 Å². The molecule has 198 valence electrons. The zero-order chi connectivity index (χ0) is 26.2. The smallest absolute Gasteiger partial charge is 0.313 e. The molecule has 0 aliphatic carbocycles. The molecule has 0 bridgehead atoms. The Labute approximate surface area is 221 Å². The Hall–Kier alpha value is -2.68. The zero-order valence-electron chi connectivity index (χ0n) is 21.0. The molecule has 2 fully saturated rings. The van der Waals surface area contributed by atoms with Crippen molar-refractivity contribution < 1.29 is 29.0 Å². The third kappa shape index (κ3) is 4.29. The summed E-state index contributed by atoms with van der Waals surface area (Å²) >= 11 is 6.48. The molecule has 0 aromatic heterocycles. The van der Waals surface area contributed by atoms with Crippen LogP contribution in [0.25, 0.3) is 0 Å². The van der Waals surface area contributed by atoms with Gasteiger partial charge in [-0.2, -0.15) is 0 Å². The van der Waals surface area contributed by atoms with E-state index in [1.54, 1.807) is 34.9 Å². The normalized spacial score (nSPS) is 32.9. The number of ether oxygens (including phenoxy) is 2. The third-order valence-electron chi connectivity index (χ3n) is 7.97. The van der Waals surface area contributed by atoms with Crippen LogP contribution in [0.2, 0.25) is 5.02 Å². The lowest BCUT2D eigenvalue weighted by atomic mass is 9.74. The molecule has 1 aromatic rings. The first-order valence-electron chi connectivity index (χ1n) is 13.0. The van der Waals surface area contributed by atoms with E-state index < -0.39 is 35.0 Å². The fourth-order valence-electron chi connectivity index (χ4n) is 6.36. The number of halogens is 1. The second-order valence-corrected chi connectivity index (χ2v) is 10.7. The number of carbonyl (C=O) groups excluding carboxylic acids is 3. The number of para-hydroxylation sites is 1. The number of anilines is 1. The van der Waals surface area contributed by atoms with E-state index in [0.29, 0.717) is 36.5 Å². The van der Waals surface area contributed by atoms with Gasteiger partial charge in [0.05, 0.1) is 28.8 Å². The van der Waals surface area contributed by atoms with Gasteiger partial charge in [0.1, 0.15) is 17.6 Å². The highest BCUT2D eigenvalue weighted by Crippen LogP contribution is 2.57. The quantitative estimate of drug-likeness (QED) is 0.331. The van der Waals surface area contributed by atoms with Crippen molar-refractivity contribution in [3.05, 3.63) is 53.6 Å². The first kappa shape index (κ1) is 25.9. The topological polar surface area (TPSA) is 96.4 Å². The lowest BCUT2D eigenvalue weighted by molar-refractivity contribution is -0.159. The molecule has 8 nitrogen and oxygen atoms in total. The summed E-state index contributed by atoms with van der Waals surface area (Å²) in [6, 6.07) is 6.17. The minimum Gasteiger partial charge on any atom is -0.465 e. The van der Waals surface area contributed by atoms with Gasteiger partial charge in [-0.3, -0.25) is 14.4 Å². The van der Waals surface area contributed by atoms with Crippen LogP contribution in [0.15, 0.2) is 48.6 Å². The number of aliphatic hydroxyl groups is 1. The number of carbonyl (C=O) groups is 3. The van der Waals surface area contributed by atoms with Crippen LogP contribution >= 0.6 is 11.6 Å². The molecule has 2 saturated heterocycles. The van der Waals surface area contributed by atoms with Crippen LogP contribution < -0.4 is 4.90 Å². The molecule has 2 amide bonds. The minimum atomic E-state index is -1.32. The number of amides is 2. The second kappa shape index (κ2) is 10.2. The molecular weight excluding hydrogens is 496 g/mol. The summed E-state index contributed by atoms with van der Waals surface area (Å²) in [4.78, 5) is 44.9. The van der Waals surface area contributed by atoms with E-state index in [0.717, 1.165) is 12.8 Å². The number of hydrogen-bond donors (Lipinski definition) is 1. The van der Waals surface area contributed by atoms with Crippen molar-refractivity contribution in [2.24, 2.45) is 11.8 Å². The second-order valence-electron chi connectivity index (χ2n) is 10.3. The van der Waals surface area contributed by atoms with Gasteiger partial charge < -0.3 is 24.4 Å². The Morgan fingerprint density at radius 2 is 1.81 bits per heavy atom. The minimum absolute atomic E-state index is 0.121. The summed E-state index contributed by atoms with van der Waals surface area (Å²) in [7, 11) is 0. The molecular formula is C28H33ClN2O6. The molecule has 4 heterocycles. The van der Waals surface area contributed by atoms with Crippen molar-refractivity contribution in [1.29, 1.82) is 0 Å². The van der Waals surface area contributed by atoms with Gasteiger partial charge >= 0.3 is 5.97 Å². The number of benzene rings is 1. The predicted octanol–water partition coefficient (Wildman–Crippen LogP) is 3.27. The van der Waals surface area contributed by atoms with Gasteiger partial charge in [-0.1, -0.05) is 60.9 Å². The van der Waals surface area contributed by atoms with E-state index in [2.05, 4.69) is 0 Å². The summed E-state index contributed by atoms with van der Waals surface area (Å²) in [5.41, 5.74) is -1.85. The van der Waals surface area contributed by atoms with Crippen LogP contribution in [0.4, 0.5) is 5.69 Å². The first-order valence-corrected chi connectivity index (χ1v) is 13.4. The van der Waals surface area contributed by atoms with Crippen LogP contribution in [0.5, 0.6) is 0 Å². The van der Waals surface area contributed by atoms with Gasteiger partial charge in [-0.15, -0.1) is 0 Å². The van der Waals surface area contributed by atoms with Crippen molar-refractivity contribution in [2.75, 3.05) is 31.2 Å².